The number of alkyl halides is 3. The number of halogens is 4. The zero-order chi connectivity index (χ0) is 14.8. The lowest BCUT2D eigenvalue weighted by molar-refractivity contribution is -0.137. The summed E-state index contributed by atoms with van der Waals surface area (Å²) in [5.74, 6) is 0.280. The second-order valence-electron chi connectivity index (χ2n) is 3.98. The van der Waals surface area contributed by atoms with Gasteiger partial charge in [0.2, 0.25) is 0 Å². The molecular formula is C12H10ClF3N4. The van der Waals surface area contributed by atoms with Crippen molar-refractivity contribution in [1.82, 2.24) is 9.97 Å². The molecular weight excluding hydrogens is 293 g/mol. The van der Waals surface area contributed by atoms with Gasteiger partial charge in [-0.3, -0.25) is 0 Å². The van der Waals surface area contributed by atoms with Gasteiger partial charge in [-0.25, -0.2) is 9.97 Å². The van der Waals surface area contributed by atoms with E-state index < -0.39 is 11.7 Å². The van der Waals surface area contributed by atoms with E-state index in [1.165, 1.54) is 12.4 Å². The summed E-state index contributed by atoms with van der Waals surface area (Å²) >= 11 is 5.72. The first-order valence-corrected chi connectivity index (χ1v) is 5.91. The van der Waals surface area contributed by atoms with Gasteiger partial charge in [-0.05, 0) is 17.7 Å². The minimum absolute atomic E-state index is 0.0894. The maximum Gasteiger partial charge on any atom is 0.416 e. The van der Waals surface area contributed by atoms with E-state index in [1.807, 2.05) is 0 Å². The molecule has 0 unspecified atom stereocenters. The molecule has 2 rings (SSSR count). The Morgan fingerprint density at radius 3 is 2.70 bits per heavy atom. The maximum absolute atomic E-state index is 12.6. The highest BCUT2D eigenvalue weighted by atomic mass is 35.5. The smallest absolute Gasteiger partial charge is 0.393 e. The van der Waals surface area contributed by atoms with Crippen molar-refractivity contribution in [3.63, 3.8) is 0 Å². The third-order valence-corrected chi connectivity index (χ3v) is 2.85. The SMILES string of the molecule is Nc1c(Cl)ncnc1NCc1cccc(C(F)(F)F)c1. The molecule has 0 amide bonds. The summed E-state index contributed by atoms with van der Waals surface area (Å²) in [7, 11) is 0. The molecule has 0 spiro atoms. The number of aromatic nitrogens is 2. The molecule has 1 heterocycles. The molecule has 0 bridgehead atoms. The highest BCUT2D eigenvalue weighted by Gasteiger charge is 2.30. The Labute approximate surface area is 117 Å². The first kappa shape index (κ1) is 14.4. The van der Waals surface area contributed by atoms with Crippen molar-refractivity contribution in [2.45, 2.75) is 12.7 Å². The fraction of sp³-hybridized carbons (Fsp3) is 0.167. The van der Waals surface area contributed by atoms with E-state index in [9.17, 15) is 13.2 Å². The van der Waals surface area contributed by atoms with Gasteiger partial charge < -0.3 is 11.1 Å². The number of nitrogen functional groups attached to an aromatic ring is 1. The van der Waals surface area contributed by atoms with Crippen LogP contribution in [0.2, 0.25) is 5.15 Å². The van der Waals surface area contributed by atoms with Crippen molar-refractivity contribution in [2.24, 2.45) is 0 Å². The monoisotopic (exact) mass is 302 g/mol. The zero-order valence-electron chi connectivity index (χ0n) is 10.1. The van der Waals surface area contributed by atoms with Crippen LogP contribution in [0.25, 0.3) is 0 Å². The highest BCUT2D eigenvalue weighted by molar-refractivity contribution is 6.32. The van der Waals surface area contributed by atoms with Gasteiger partial charge in [-0.15, -0.1) is 0 Å². The van der Waals surface area contributed by atoms with E-state index in [4.69, 9.17) is 17.3 Å². The molecule has 8 heteroatoms. The molecule has 0 saturated heterocycles. The summed E-state index contributed by atoms with van der Waals surface area (Å²) in [4.78, 5) is 7.55. The molecule has 20 heavy (non-hydrogen) atoms. The Hall–Kier alpha value is -2.02. The molecule has 0 radical (unpaired) electrons. The van der Waals surface area contributed by atoms with Crippen LogP contribution in [0.1, 0.15) is 11.1 Å². The van der Waals surface area contributed by atoms with Crippen LogP contribution in [-0.2, 0) is 12.7 Å². The number of hydrogen-bond acceptors (Lipinski definition) is 4. The van der Waals surface area contributed by atoms with E-state index >= 15 is 0 Å². The Kier molecular flexibility index (Phi) is 3.99. The first-order valence-electron chi connectivity index (χ1n) is 5.54. The van der Waals surface area contributed by atoms with Gasteiger partial charge in [0.15, 0.2) is 11.0 Å². The number of anilines is 2. The molecule has 4 nitrogen and oxygen atoms in total. The topological polar surface area (TPSA) is 63.8 Å². The molecule has 3 N–H and O–H groups in total. The summed E-state index contributed by atoms with van der Waals surface area (Å²) in [6.07, 6.45) is -3.15. The van der Waals surface area contributed by atoms with Gasteiger partial charge in [-0.2, -0.15) is 13.2 Å². The van der Waals surface area contributed by atoms with Crippen molar-refractivity contribution in [1.29, 1.82) is 0 Å². The van der Waals surface area contributed by atoms with Crippen molar-refractivity contribution in [3.8, 4) is 0 Å². The molecule has 2 aromatic rings. The molecule has 1 aromatic heterocycles. The van der Waals surface area contributed by atoms with Gasteiger partial charge in [0.05, 0.1) is 5.56 Å². The number of nitrogens with one attached hydrogen (secondary N) is 1. The fourth-order valence-corrected chi connectivity index (χ4v) is 1.69. The third kappa shape index (κ3) is 3.30. The van der Waals surface area contributed by atoms with Crippen molar-refractivity contribution in [2.75, 3.05) is 11.1 Å². The number of hydrogen-bond donors (Lipinski definition) is 2. The second kappa shape index (κ2) is 5.54. The Morgan fingerprint density at radius 1 is 1.25 bits per heavy atom. The number of rotatable bonds is 3. The summed E-state index contributed by atoms with van der Waals surface area (Å²) in [6.45, 7) is 0.140. The predicted octanol–water partition coefficient (Wildman–Crippen LogP) is 3.34. The summed E-state index contributed by atoms with van der Waals surface area (Å²) in [5, 5.41) is 2.91. The van der Waals surface area contributed by atoms with Crippen molar-refractivity contribution < 1.29 is 13.2 Å². The van der Waals surface area contributed by atoms with Crippen LogP contribution in [0, 0.1) is 0 Å². The summed E-state index contributed by atoms with van der Waals surface area (Å²) in [6, 6.07) is 4.99. The van der Waals surface area contributed by atoms with Crippen LogP contribution in [0.4, 0.5) is 24.7 Å². The minimum atomic E-state index is -4.37. The van der Waals surface area contributed by atoms with Gasteiger partial charge in [-0.1, -0.05) is 23.7 Å². The fourth-order valence-electron chi connectivity index (χ4n) is 1.56. The summed E-state index contributed by atoms with van der Waals surface area (Å²) in [5.41, 5.74) is 5.55. The van der Waals surface area contributed by atoms with Crippen molar-refractivity contribution in [3.05, 3.63) is 46.9 Å². The van der Waals surface area contributed by atoms with E-state index in [0.717, 1.165) is 12.1 Å². The molecule has 0 atom stereocenters. The first-order chi connectivity index (χ1) is 9.38. The van der Waals surface area contributed by atoms with E-state index in [0.29, 0.717) is 5.56 Å². The van der Waals surface area contributed by atoms with Gasteiger partial charge >= 0.3 is 6.18 Å². The Balaban J connectivity index is 2.13. The zero-order valence-corrected chi connectivity index (χ0v) is 10.8. The van der Waals surface area contributed by atoms with Gasteiger partial charge in [0.25, 0.3) is 0 Å². The molecule has 0 fully saturated rings. The number of benzene rings is 1. The van der Waals surface area contributed by atoms with E-state index in [2.05, 4.69) is 15.3 Å². The van der Waals surface area contributed by atoms with Crippen LogP contribution in [-0.4, -0.2) is 9.97 Å². The second-order valence-corrected chi connectivity index (χ2v) is 4.34. The van der Waals surface area contributed by atoms with Crippen molar-refractivity contribution >= 4 is 23.1 Å². The summed E-state index contributed by atoms with van der Waals surface area (Å²) < 4.78 is 37.7. The molecule has 0 aliphatic carbocycles. The predicted molar refractivity (Wildman–Crippen MR) is 70.2 cm³/mol. The normalized spacial score (nSPS) is 11.4. The number of nitrogens with zero attached hydrogens (tertiary/aromatic N) is 2. The van der Waals surface area contributed by atoms with Crippen LogP contribution in [0.5, 0.6) is 0 Å². The Morgan fingerprint density at radius 2 is 2.00 bits per heavy atom. The minimum Gasteiger partial charge on any atom is -0.393 e. The van der Waals surface area contributed by atoms with Gasteiger partial charge in [0, 0.05) is 6.54 Å². The average Bonchev–Trinajstić information content (AvgIpc) is 2.40. The van der Waals surface area contributed by atoms with E-state index in [1.54, 1.807) is 6.07 Å². The Bertz CT molecular complexity index is 616. The molecule has 0 aliphatic heterocycles. The lowest BCUT2D eigenvalue weighted by Gasteiger charge is -2.11. The lowest BCUT2D eigenvalue weighted by Crippen LogP contribution is -2.08. The van der Waals surface area contributed by atoms with Gasteiger partial charge in [0.1, 0.15) is 12.0 Å². The van der Waals surface area contributed by atoms with Crippen LogP contribution in [0.3, 0.4) is 0 Å². The van der Waals surface area contributed by atoms with Crippen LogP contribution >= 0.6 is 11.6 Å². The lowest BCUT2D eigenvalue weighted by atomic mass is 10.1. The maximum atomic E-state index is 12.6. The highest BCUT2D eigenvalue weighted by Crippen LogP contribution is 2.30. The number of nitrogens with two attached hydrogens (primary N) is 1. The van der Waals surface area contributed by atoms with Crippen LogP contribution < -0.4 is 11.1 Å². The quantitative estimate of drug-likeness (QED) is 0.854. The van der Waals surface area contributed by atoms with E-state index in [-0.39, 0.29) is 23.2 Å². The third-order valence-electron chi connectivity index (χ3n) is 2.55. The van der Waals surface area contributed by atoms with Crippen LogP contribution in [0.15, 0.2) is 30.6 Å². The largest absolute Gasteiger partial charge is 0.416 e. The molecule has 0 saturated carbocycles. The molecule has 0 aliphatic rings. The molecule has 1 aromatic carbocycles. The average molecular weight is 303 g/mol. The molecule has 106 valence electrons. The standard InChI is InChI=1S/C12H10ClF3N4/c13-10-9(17)11(20-6-19-10)18-5-7-2-1-3-8(4-7)12(14,15)16/h1-4,6H,5,17H2,(H,18,19,20).